The van der Waals surface area contributed by atoms with Crippen LogP contribution in [-0.2, 0) is 15.1 Å². The number of rotatable bonds is 3. The first kappa shape index (κ1) is 22.6. The fraction of sp³-hybridized carbons (Fsp3) is 0.500. The van der Waals surface area contributed by atoms with E-state index in [2.05, 4.69) is 4.99 Å². The van der Waals surface area contributed by atoms with Crippen molar-refractivity contribution in [2.24, 2.45) is 16.1 Å². The Bertz CT molecular complexity index is 896. The van der Waals surface area contributed by atoms with Crippen molar-refractivity contribution in [3.8, 4) is 0 Å². The highest BCUT2D eigenvalue weighted by Gasteiger charge is 2.56. The summed E-state index contributed by atoms with van der Waals surface area (Å²) in [5.74, 6) is -3.14. The number of aliphatic hydroxyl groups is 1. The van der Waals surface area contributed by atoms with Gasteiger partial charge in [0.05, 0.1) is 5.41 Å². The molecule has 1 aromatic rings. The van der Waals surface area contributed by atoms with Gasteiger partial charge in [0.15, 0.2) is 5.96 Å². The van der Waals surface area contributed by atoms with Crippen molar-refractivity contribution in [2.75, 3.05) is 12.4 Å². The number of amides is 2. The van der Waals surface area contributed by atoms with Crippen LogP contribution in [0, 0.1) is 11.2 Å². The van der Waals surface area contributed by atoms with Crippen LogP contribution in [0.25, 0.3) is 0 Å². The van der Waals surface area contributed by atoms with Gasteiger partial charge in [-0.3, -0.25) is 14.5 Å². The van der Waals surface area contributed by atoms with Gasteiger partial charge in [-0.05, 0) is 45.9 Å². The molecule has 0 saturated heterocycles. The Kier molecular flexibility index (Phi) is 5.21. The summed E-state index contributed by atoms with van der Waals surface area (Å²) in [5.41, 5.74) is -1.03. The number of hydrogen-bond acceptors (Lipinski definition) is 5. The normalized spacial score (nSPS) is 24.0. The van der Waals surface area contributed by atoms with Crippen molar-refractivity contribution in [1.82, 2.24) is 4.90 Å². The number of carbonyl (C=O) groups is 2. The summed E-state index contributed by atoms with van der Waals surface area (Å²) < 4.78 is 53.3. The molecule has 160 valence electrons. The monoisotopic (exact) mass is 418 g/mol. The summed E-state index contributed by atoms with van der Waals surface area (Å²) in [4.78, 5) is 30.0. The Morgan fingerprint density at radius 3 is 2.34 bits per heavy atom. The lowest BCUT2D eigenvalue weighted by Gasteiger charge is -2.46. The molecule has 0 saturated carbocycles. The summed E-state index contributed by atoms with van der Waals surface area (Å²) in [6, 6.07) is 3.02. The van der Waals surface area contributed by atoms with Crippen molar-refractivity contribution < 1.29 is 32.3 Å². The molecule has 1 aliphatic rings. The predicted octanol–water partition coefficient (Wildman–Crippen LogP) is 2.11. The summed E-state index contributed by atoms with van der Waals surface area (Å²) in [6.45, 7) is 4.82. The van der Waals surface area contributed by atoms with Gasteiger partial charge in [-0.15, -0.1) is 0 Å². The van der Waals surface area contributed by atoms with Crippen LogP contribution >= 0.6 is 0 Å². The lowest BCUT2D eigenvalue weighted by Crippen LogP contribution is -2.58. The van der Waals surface area contributed by atoms with Gasteiger partial charge in [0.25, 0.3) is 5.91 Å². The first-order chi connectivity index (χ1) is 13.0. The van der Waals surface area contributed by atoms with E-state index in [1.165, 1.54) is 27.8 Å². The third kappa shape index (κ3) is 3.43. The molecule has 0 fully saturated rings. The Labute approximate surface area is 164 Å². The van der Waals surface area contributed by atoms with Gasteiger partial charge in [-0.2, -0.15) is 13.2 Å². The van der Waals surface area contributed by atoms with Crippen LogP contribution in [-0.4, -0.2) is 46.6 Å². The topological polar surface area (TPSA) is 108 Å². The molecule has 0 radical (unpaired) electrons. The van der Waals surface area contributed by atoms with E-state index in [9.17, 15) is 32.3 Å². The van der Waals surface area contributed by atoms with Crippen LogP contribution < -0.4 is 11.1 Å². The largest absolute Gasteiger partial charge is 0.426 e. The molecule has 2 rings (SSSR count). The van der Waals surface area contributed by atoms with E-state index in [0.717, 1.165) is 23.1 Å². The highest BCUT2D eigenvalue weighted by Crippen LogP contribution is 2.47. The van der Waals surface area contributed by atoms with Crippen LogP contribution in [0.15, 0.2) is 23.2 Å². The summed E-state index contributed by atoms with van der Waals surface area (Å²) >= 11 is 0. The lowest BCUT2D eigenvalue weighted by molar-refractivity contribution is -0.242. The highest BCUT2D eigenvalue weighted by atomic mass is 19.4. The van der Waals surface area contributed by atoms with Crippen molar-refractivity contribution in [1.29, 1.82) is 0 Å². The molecule has 2 atom stereocenters. The zero-order valence-electron chi connectivity index (χ0n) is 16.5. The summed E-state index contributed by atoms with van der Waals surface area (Å²) in [5, 5.41) is 11.4. The maximum absolute atomic E-state index is 14.7. The molecule has 0 unspecified atom stereocenters. The van der Waals surface area contributed by atoms with Crippen molar-refractivity contribution in [3.63, 3.8) is 0 Å². The molecule has 4 N–H and O–H groups in total. The number of nitrogens with two attached hydrogens (primary N) is 1. The van der Waals surface area contributed by atoms with E-state index in [0.29, 0.717) is 6.92 Å². The Morgan fingerprint density at radius 1 is 1.28 bits per heavy atom. The van der Waals surface area contributed by atoms with Crippen LogP contribution in [0.3, 0.4) is 0 Å². The number of alkyl halides is 3. The van der Waals surface area contributed by atoms with Crippen LogP contribution in [0.2, 0.25) is 0 Å². The van der Waals surface area contributed by atoms with Crippen LogP contribution in [0.4, 0.5) is 23.2 Å². The molecule has 1 heterocycles. The number of benzene rings is 1. The number of nitrogens with one attached hydrogen (secondary N) is 1. The molecule has 11 heteroatoms. The molecule has 0 aromatic heterocycles. The van der Waals surface area contributed by atoms with Gasteiger partial charge in [0, 0.05) is 18.3 Å². The first-order valence-electron chi connectivity index (χ1n) is 8.51. The van der Waals surface area contributed by atoms with E-state index in [4.69, 9.17) is 5.73 Å². The summed E-state index contributed by atoms with van der Waals surface area (Å²) in [6.07, 6.45) is -5.22. The molecule has 0 spiro atoms. The standard InChI is InChI=1S/C18H22F4N4O3/c1-15(2)13(28)26(5)14(23)25-16(15,3)10-8-9(6-7-11(10)19)24-12(27)17(4,29)18(20,21)22/h6-8,29H,1-5H3,(H2,23,25)(H,24,27)/t16-,17+/m0/s1. The zero-order valence-corrected chi connectivity index (χ0v) is 16.5. The third-order valence-electron chi connectivity index (χ3n) is 5.48. The SMILES string of the molecule is CN1C(=O)C(C)(C)[C@](C)(c2cc(NC(=O)[C@@](C)(O)C(F)(F)F)ccc2F)N=C1N. The maximum atomic E-state index is 14.7. The van der Waals surface area contributed by atoms with Gasteiger partial charge in [0.2, 0.25) is 11.5 Å². The molecule has 29 heavy (non-hydrogen) atoms. The van der Waals surface area contributed by atoms with Crippen molar-refractivity contribution >= 4 is 23.5 Å². The number of anilines is 1. The average Bonchev–Trinajstić information content (AvgIpc) is 2.59. The number of carbonyl (C=O) groups excluding carboxylic acids is 2. The molecule has 2 amide bonds. The fourth-order valence-corrected chi connectivity index (χ4v) is 2.93. The summed E-state index contributed by atoms with van der Waals surface area (Å²) in [7, 11) is 1.41. The molecule has 0 bridgehead atoms. The minimum atomic E-state index is -5.22. The van der Waals surface area contributed by atoms with Crippen molar-refractivity contribution in [3.05, 3.63) is 29.6 Å². The molecular weight excluding hydrogens is 396 g/mol. The minimum Gasteiger partial charge on any atom is -0.373 e. The Balaban J connectivity index is 2.54. The van der Waals surface area contributed by atoms with Gasteiger partial charge >= 0.3 is 6.18 Å². The number of aliphatic imine (C=N–C) groups is 1. The van der Waals surface area contributed by atoms with Gasteiger partial charge in [0.1, 0.15) is 11.4 Å². The second-order valence-corrected chi connectivity index (χ2v) is 7.75. The van der Waals surface area contributed by atoms with Gasteiger partial charge < -0.3 is 16.2 Å². The number of guanidine groups is 1. The average molecular weight is 418 g/mol. The van der Waals surface area contributed by atoms with E-state index >= 15 is 0 Å². The van der Waals surface area contributed by atoms with E-state index < -0.39 is 40.4 Å². The zero-order chi connectivity index (χ0) is 22.6. The van der Waals surface area contributed by atoms with Crippen LogP contribution in [0.1, 0.15) is 33.3 Å². The van der Waals surface area contributed by atoms with E-state index in [-0.39, 0.29) is 17.2 Å². The Morgan fingerprint density at radius 2 is 1.83 bits per heavy atom. The lowest BCUT2D eigenvalue weighted by atomic mass is 9.67. The highest BCUT2D eigenvalue weighted by molar-refractivity contribution is 6.02. The quantitative estimate of drug-likeness (QED) is 0.654. The molecule has 1 aliphatic heterocycles. The number of halogens is 4. The molecule has 0 aliphatic carbocycles. The number of hydrogen-bond donors (Lipinski definition) is 3. The van der Waals surface area contributed by atoms with Crippen molar-refractivity contribution in [2.45, 2.75) is 45.0 Å². The van der Waals surface area contributed by atoms with E-state index in [1.54, 1.807) is 0 Å². The first-order valence-corrected chi connectivity index (χ1v) is 8.51. The minimum absolute atomic E-state index is 0.156. The smallest absolute Gasteiger partial charge is 0.373 e. The second kappa shape index (κ2) is 6.68. The third-order valence-corrected chi connectivity index (χ3v) is 5.48. The van der Waals surface area contributed by atoms with Crippen LogP contribution in [0.5, 0.6) is 0 Å². The molecule has 7 nitrogen and oxygen atoms in total. The predicted molar refractivity (Wildman–Crippen MR) is 97.2 cm³/mol. The Hall–Kier alpha value is -2.69. The number of nitrogens with zero attached hydrogens (tertiary/aromatic N) is 2. The molecular formula is C18H22F4N4O3. The van der Waals surface area contributed by atoms with Gasteiger partial charge in [-0.1, -0.05) is 0 Å². The molecule has 1 aromatic carbocycles. The fourth-order valence-electron chi connectivity index (χ4n) is 2.93. The second-order valence-electron chi connectivity index (χ2n) is 7.75. The van der Waals surface area contributed by atoms with E-state index in [1.807, 2.05) is 5.32 Å². The maximum Gasteiger partial charge on any atom is 0.426 e. The van der Waals surface area contributed by atoms with Gasteiger partial charge in [-0.25, -0.2) is 9.38 Å².